The summed E-state index contributed by atoms with van der Waals surface area (Å²) in [6.45, 7) is 6.52. The van der Waals surface area contributed by atoms with Gasteiger partial charge in [0.1, 0.15) is 0 Å². The molecule has 3 aromatic rings. The van der Waals surface area contributed by atoms with Gasteiger partial charge in [0, 0.05) is 21.4 Å². The lowest BCUT2D eigenvalue weighted by Gasteiger charge is -2.09. The van der Waals surface area contributed by atoms with Crippen molar-refractivity contribution in [2.24, 2.45) is 0 Å². The first-order valence-electron chi connectivity index (χ1n) is 7.00. The van der Waals surface area contributed by atoms with Crippen LogP contribution >= 0.6 is 43.2 Å². The van der Waals surface area contributed by atoms with E-state index in [-0.39, 0.29) is 0 Å². The van der Waals surface area contributed by atoms with E-state index in [1.807, 2.05) is 0 Å². The van der Waals surface area contributed by atoms with Gasteiger partial charge in [0.2, 0.25) is 11.2 Å². The summed E-state index contributed by atoms with van der Waals surface area (Å²) in [5.41, 5.74) is 8.48. The number of aryl methyl sites for hydroxylation is 2. The Morgan fingerprint density at radius 1 is 0.955 bits per heavy atom. The predicted octanol–water partition coefficient (Wildman–Crippen LogP) is 6.14. The van der Waals surface area contributed by atoms with Crippen molar-refractivity contribution in [1.29, 1.82) is 0 Å². The van der Waals surface area contributed by atoms with Crippen LogP contribution in [0.2, 0.25) is 0 Å². The SMILES string of the molecule is Cc1cccc(-c2cc(Br)cc(Br)c2)c1-[n+]1csc(C)c1C. The van der Waals surface area contributed by atoms with E-state index in [1.54, 1.807) is 11.3 Å². The molecule has 0 unspecified atom stereocenters. The second-order valence-corrected chi connectivity index (χ2v) is 8.25. The van der Waals surface area contributed by atoms with E-state index in [1.165, 1.54) is 32.9 Å². The molecule has 22 heavy (non-hydrogen) atoms. The van der Waals surface area contributed by atoms with Crippen molar-refractivity contribution < 1.29 is 4.57 Å². The summed E-state index contributed by atoms with van der Waals surface area (Å²) in [7, 11) is 0. The largest absolute Gasteiger partial charge is 0.231 e. The molecular formula is C18H16Br2NS+. The third-order valence-electron chi connectivity index (χ3n) is 3.86. The Morgan fingerprint density at radius 3 is 2.23 bits per heavy atom. The van der Waals surface area contributed by atoms with Gasteiger partial charge in [0.05, 0.1) is 10.4 Å². The molecule has 1 aromatic heterocycles. The molecule has 1 heterocycles. The highest BCUT2D eigenvalue weighted by molar-refractivity contribution is 9.11. The number of hydrogen-bond donors (Lipinski definition) is 0. The fourth-order valence-corrected chi connectivity index (χ4v) is 4.70. The van der Waals surface area contributed by atoms with Crippen LogP contribution < -0.4 is 4.57 Å². The van der Waals surface area contributed by atoms with Crippen LogP contribution in [0.4, 0.5) is 0 Å². The van der Waals surface area contributed by atoms with Gasteiger partial charge in [0.25, 0.3) is 0 Å². The number of nitrogens with zero attached hydrogens (tertiary/aromatic N) is 1. The molecule has 2 aromatic carbocycles. The summed E-state index contributed by atoms with van der Waals surface area (Å²) in [6.07, 6.45) is 0. The molecule has 0 amide bonds. The van der Waals surface area contributed by atoms with Crippen molar-refractivity contribution in [2.75, 3.05) is 0 Å². The van der Waals surface area contributed by atoms with E-state index >= 15 is 0 Å². The first-order valence-corrected chi connectivity index (χ1v) is 9.46. The van der Waals surface area contributed by atoms with E-state index in [9.17, 15) is 0 Å². The van der Waals surface area contributed by atoms with E-state index < -0.39 is 0 Å². The Hall–Kier alpha value is -0.970. The highest BCUT2D eigenvalue weighted by Crippen LogP contribution is 2.32. The van der Waals surface area contributed by atoms with Gasteiger partial charge in [-0.05, 0) is 43.7 Å². The maximum Gasteiger partial charge on any atom is 0.231 e. The highest BCUT2D eigenvalue weighted by atomic mass is 79.9. The molecule has 0 N–H and O–H groups in total. The smallest absolute Gasteiger partial charge is 0.153 e. The third kappa shape index (κ3) is 2.92. The van der Waals surface area contributed by atoms with Gasteiger partial charge in [-0.1, -0.05) is 55.3 Å². The number of aromatic nitrogens is 1. The molecule has 112 valence electrons. The Morgan fingerprint density at radius 2 is 1.64 bits per heavy atom. The minimum absolute atomic E-state index is 1.08. The zero-order valence-corrected chi connectivity index (χ0v) is 16.6. The Labute approximate surface area is 151 Å². The molecule has 0 saturated carbocycles. The summed E-state index contributed by atoms with van der Waals surface area (Å²) < 4.78 is 4.46. The zero-order valence-electron chi connectivity index (χ0n) is 12.7. The topological polar surface area (TPSA) is 3.88 Å². The summed E-state index contributed by atoms with van der Waals surface area (Å²) in [6, 6.07) is 12.9. The van der Waals surface area contributed by atoms with E-state index in [0.717, 1.165) is 8.95 Å². The van der Waals surface area contributed by atoms with Gasteiger partial charge in [-0.2, -0.15) is 4.57 Å². The lowest BCUT2D eigenvalue weighted by atomic mass is 10.00. The average Bonchev–Trinajstić information content (AvgIpc) is 2.78. The predicted molar refractivity (Wildman–Crippen MR) is 101 cm³/mol. The third-order valence-corrected chi connectivity index (χ3v) is 5.74. The number of rotatable bonds is 2. The Bertz CT molecular complexity index is 832. The second kappa shape index (κ2) is 6.26. The number of hydrogen-bond acceptors (Lipinski definition) is 1. The summed E-state index contributed by atoms with van der Waals surface area (Å²) in [5, 5.41) is 0. The van der Waals surface area contributed by atoms with Crippen LogP contribution in [0.25, 0.3) is 16.8 Å². The maximum atomic E-state index is 3.59. The molecule has 0 aliphatic rings. The van der Waals surface area contributed by atoms with E-state index in [0.29, 0.717) is 0 Å². The van der Waals surface area contributed by atoms with Crippen molar-refractivity contribution in [1.82, 2.24) is 0 Å². The standard InChI is InChI=1S/C18H16Br2NS/c1-11-5-4-6-17(14-7-15(19)9-16(20)8-14)18(11)21-10-22-13(3)12(21)2/h4-10H,1-3H3/q+1. The molecular weight excluding hydrogens is 422 g/mol. The molecule has 0 aliphatic carbocycles. The number of halogens is 2. The molecule has 0 saturated heterocycles. The Kier molecular flexibility index (Phi) is 4.53. The second-order valence-electron chi connectivity index (χ2n) is 5.36. The molecule has 0 radical (unpaired) electrons. The van der Waals surface area contributed by atoms with Crippen LogP contribution in [0.1, 0.15) is 16.1 Å². The minimum atomic E-state index is 1.08. The van der Waals surface area contributed by atoms with Gasteiger partial charge >= 0.3 is 0 Å². The molecule has 1 nitrogen and oxygen atoms in total. The van der Waals surface area contributed by atoms with Crippen molar-refractivity contribution in [3.63, 3.8) is 0 Å². The van der Waals surface area contributed by atoms with Gasteiger partial charge in [-0.25, -0.2) is 0 Å². The maximum absolute atomic E-state index is 3.59. The van der Waals surface area contributed by atoms with Gasteiger partial charge < -0.3 is 0 Å². The minimum Gasteiger partial charge on any atom is -0.153 e. The van der Waals surface area contributed by atoms with Crippen LogP contribution in [-0.2, 0) is 0 Å². The Balaban J connectivity index is 2.30. The molecule has 0 fully saturated rings. The van der Waals surface area contributed by atoms with Gasteiger partial charge in [-0.3, -0.25) is 0 Å². The first kappa shape index (κ1) is 15.9. The molecule has 0 bridgehead atoms. The van der Waals surface area contributed by atoms with Crippen molar-refractivity contribution >= 4 is 43.2 Å². The molecule has 3 rings (SSSR count). The summed E-state index contributed by atoms with van der Waals surface area (Å²) >= 11 is 8.98. The highest BCUT2D eigenvalue weighted by Gasteiger charge is 2.22. The number of benzene rings is 2. The zero-order chi connectivity index (χ0) is 15.9. The lowest BCUT2D eigenvalue weighted by molar-refractivity contribution is -0.597. The first-order chi connectivity index (χ1) is 10.5. The summed E-state index contributed by atoms with van der Waals surface area (Å²) in [5.74, 6) is 0. The monoisotopic (exact) mass is 436 g/mol. The van der Waals surface area contributed by atoms with Crippen LogP contribution in [0, 0.1) is 20.8 Å². The van der Waals surface area contributed by atoms with Crippen molar-refractivity contribution in [3.05, 3.63) is 67.0 Å². The van der Waals surface area contributed by atoms with Crippen LogP contribution in [0.3, 0.4) is 0 Å². The van der Waals surface area contributed by atoms with E-state index in [2.05, 4.69) is 99.1 Å². The molecule has 4 heteroatoms. The van der Waals surface area contributed by atoms with Gasteiger partial charge in [-0.15, -0.1) is 0 Å². The molecule has 0 spiro atoms. The average molecular weight is 438 g/mol. The lowest BCUT2D eigenvalue weighted by Crippen LogP contribution is -2.33. The van der Waals surface area contributed by atoms with Gasteiger partial charge in [0.15, 0.2) is 5.69 Å². The molecule has 0 atom stereocenters. The quantitative estimate of drug-likeness (QED) is 0.423. The summed E-state index contributed by atoms with van der Waals surface area (Å²) in [4.78, 5) is 1.35. The fourth-order valence-electron chi connectivity index (χ4n) is 2.61. The van der Waals surface area contributed by atoms with Crippen LogP contribution in [0.5, 0.6) is 0 Å². The normalized spacial score (nSPS) is 11.0. The van der Waals surface area contributed by atoms with Crippen LogP contribution in [-0.4, -0.2) is 0 Å². The van der Waals surface area contributed by atoms with Crippen LogP contribution in [0.15, 0.2) is 50.9 Å². The van der Waals surface area contributed by atoms with Crippen molar-refractivity contribution in [2.45, 2.75) is 20.8 Å². The van der Waals surface area contributed by atoms with Crippen molar-refractivity contribution in [3.8, 4) is 16.8 Å². The number of para-hydroxylation sites is 1. The fraction of sp³-hybridized carbons (Fsp3) is 0.167. The van der Waals surface area contributed by atoms with E-state index in [4.69, 9.17) is 0 Å². The number of thiazole rings is 1. The molecule has 0 aliphatic heterocycles.